The van der Waals surface area contributed by atoms with Crippen LogP contribution < -0.4 is 10.2 Å². The lowest BCUT2D eigenvalue weighted by atomic mass is 9.95. The molecule has 1 N–H and O–H groups in total. The number of carbonyl (C=O) groups is 1. The first-order chi connectivity index (χ1) is 12.4. The summed E-state index contributed by atoms with van der Waals surface area (Å²) in [7, 11) is 0. The summed E-state index contributed by atoms with van der Waals surface area (Å²) >= 11 is 0. The van der Waals surface area contributed by atoms with E-state index in [1.54, 1.807) is 0 Å². The number of halogens is 5. The zero-order valence-electron chi connectivity index (χ0n) is 13.4. The summed E-state index contributed by atoms with van der Waals surface area (Å²) in [6.45, 7) is 0.0798. The van der Waals surface area contributed by atoms with E-state index in [-0.39, 0.29) is 31.8 Å². The molecule has 1 aliphatic heterocycles. The van der Waals surface area contributed by atoms with E-state index in [0.717, 1.165) is 4.90 Å². The highest BCUT2D eigenvalue weighted by Gasteiger charge is 2.30. The minimum Gasteiger partial charge on any atom is -0.366 e. The Morgan fingerprint density at radius 2 is 1.50 bits per heavy atom. The summed E-state index contributed by atoms with van der Waals surface area (Å²) in [4.78, 5) is 15.9. The lowest BCUT2D eigenvalue weighted by Crippen LogP contribution is -2.39. The molecule has 1 aromatic carbocycles. The standard InChI is InChI=1S/C17H14F5N3O/c18-10-1-3-11(4-2-10)23-17(26)9-5-7-25(8-6-9)14-12(19)15(21)24-16(22)13(14)20/h1-4,9H,5-8H2,(H,23,26). The van der Waals surface area contributed by atoms with Gasteiger partial charge in [-0.3, -0.25) is 4.79 Å². The minimum absolute atomic E-state index is 0.0399. The van der Waals surface area contributed by atoms with E-state index in [4.69, 9.17) is 0 Å². The Bertz CT molecular complexity index is 794. The maximum atomic E-state index is 13.8. The number of pyridine rings is 1. The number of anilines is 2. The number of hydrogen-bond acceptors (Lipinski definition) is 3. The van der Waals surface area contributed by atoms with Crippen molar-refractivity contribution in [1.29, 1.82) is 0 Å². The van der Waals surface area contributed by atoms with Crippen LogP contribution in [0.15, 0.2) is 24.3 Å². The number of nitrogens with zero attached hydrogens (tertiary/aromatic N) is 2. The second-order valence-corrected chi connectivity index (χ2v) is 5.93. The number of benzene rings is 1. The number of carbonyl (C=O) groups excluding carboxylic acids is 1. The van der Waals surface area contributed by atoms with Gasteiger partial charge < -0.3 is 10.2 Å². The van der Waals surface area contributed by atoms with Crippen molar-refractivity contribution in [3.8, 4) is 0 Å². The van der Waals surface area contributed by atoms with Crippen LogP contribution in [0, 0.1) is 35.3 Å². The van der Waals surface area contributed by atoms with E-state index in [2.05, 4.69) is 10.3 Å². The second kappa shape index (κ2) is 7.27. The predicted octanol–water partition coefficient (Wildman–Crippen LogP) is 3.63. The summed E-state index contributed by atoms with van der Waals surface area (Å²) in [5, 5.41) is 2.63. The van der Waals surface area contributed by atoms with Crippen molar-refractivity contribution in [2.24, 2.45) is 5.92 Å². The van der Waals surface area contributed by atoms with Crippen LogP contribution in [0.4, 0.5) is 33.3 Å². The van der Waals surface area contributed by atoms with Crippen molar-refractivity contribution in [3.63, 3.8) is 0 Å². The van der Waals surface area contributed by atoms with Crippen LogP contribution >= 0.6 is 0 Å². The van der Waals surface area contributed by atoms with Crippen molar-refractivity contribution in [3.05, 3.63) is 53.6 Å². The van der Waals surface area contributed by atoms with E-state index in [9.17, 15) is 26.7 Å². The van der Waals surface area contributed by atoms with Gasteiger partial charge in [0.25, 0.3) is 11.9 Å². The third-order valence-electron chi connectivity index (χ3n) is 4.27. The van der Waals surface area contributed by atoms with Gasteiger partial charge >= 0.3 is 0 Å². The smallest absolute Gasteiger partial charge is 0.253 e. The fourth-order valence-electron chi connectivity index (χ4n) is 2.90. The SMILES string of the molecule is O=C(Nc1ccc(F)cc1)C1CCN(c2c(F)c(F)nc(F)c2F)CC1. The summed E-state index contributed by atoms with van der Waals surface area (Å²) in [5.41, 5.74) is -0.387. The Kier molecular flexibility index (Phi) is 5.06. The van der Waals surface area contributed by atoms with Crippen LogP contribution in [0.2, 0.25) is 0 Å². The normalized spacial score (nSPS) is 15.2. The number of piperidine rings is 1. The maximum Gasteiger partial charge on any atom is 0.253 e. The molecule has 1 amide bonds. The molecule has 2 heterocycles. The first kappa shape index (κ1) is 18.1. The molecule has 138 valence electrons. The topological polar surface area (TPSA) is 45.2 Å². The molecule has 0 aliphatic carbocycles. The van der Waals surface area contributed by atoms with Crippen molar-refractivity contribution < 1.29 is 26.7 Å². The van der Waals surface area contributed by atoms with Crippen LogP contribution in [0.5, 0.6) is 0 Å². The van der Waals surface area contributed by atoms with Crippen LogP contribution in [0.3, 0.4) is 0 Å². The summed E-state index contributed by atoms with van der Waals surface area (Å²) in [5.74, 6) is -7.73. The highest BCUT2D eigenvalue weighted by molar-refractivity contribution is 5.92. The molecule has 0 spiro atoms. The van der Waals surface area contributed by atoms with E-state index < -0.39 is 41.0 Å². The van der Waals surface area contributed by atoms with Crippen molar-refractivity contribution in [1.82, 2.24) is 4.98 Å². The highest BCUT2D eigenvalue weighted by atomic mass is 19.2. The maximum absolute atomic E-state index is 13.8. The van der Waals surface area contributed by atoms with Gasteiger partial charge in [0.2, 0.25) is 17.5 Å². The summed E-state index contributed by atoms with van der Waals surface area (Å²) in [6.07, 6.45) is 0.467. The van der Waals surface area contributed by atoms with Gasteiger partial charge in [0.15, 0.2) is 0 Å². The largest absolute Gasteiger partial charge is 0.366 e. The van der Waals surface area contributed by atoms with Crippen molar-refractivity contribution in [2.45, 2.75) is 12.8 Å². The predicted molar refractivity (Wildman–Crippen MR) is 84.0 cm³/mol. The zero-order valence-corrected chi connectivity index (χ0v) is 13.4. The van der Waals surface area contributed by atoms with Gasteiger partial charge in [-0.15, -0.1) is 0 Å². The molecule has 1 saturated heterocycles. The van der Waals surface area contributed by atoms with Crippen LogP contribution in [0.25, 0.3) is 0 Å². The molecule has 1 fully saturated rings. The number of rotatable bonds is 3. The molecule has 0 saturated carbocycles. The van der Waals surface area contributed by atoms with Crippen LogP contribution in [-0.4, -0.2) is 24.0 Å². The average Bonchev–Trinajstić information content (AvgIpc) is 2.63. The van der Waals surface area contributed by atoms with Gasteiger partial charge in [0, 0.05) is 24.7 Å². The van der Waals surface area contributed by atoms with E-state index in [1.165, 1.54) is 24.3 Å². The molecule has 4 nitrogen and oxygen atoms in total. The molecular formula is C17H14F5N3O. The number of hydrogen-bond donors (Lipinski definition) is 1. The van der Waals surface area contributed by atoms with Crippen LogP contribution in [0.1, 0.15) is 12.8 Å². The van der Waals surface area contributed by atoms with Crippen LogP contribution in [-0.2, 0) is 4.79 Å². The average molecular weight is 371 g/mol. The van der Waals surface area contributed by atoms with Gasteiger partial charge in [-0.25, -0.2) is 4.39 Å². The molecule has 1 aliphatic rings. The van der Waals surface area contributed by atoms with E-state index >= 15 is 0 Å². The quantitative estimate of drug-likeness (QED) is 0.662. The van der Waals surface area contributed by atoms with E-state index in [1.807, 2.05) is 0 Å². The summed E-state index contributed by atoms with van der Waals surface area (Å²) < 4.78 is 67.0. The van der Waals surface area contributed by atoms with Crippen molar-refractivity contribution >= 4 is 17.3 Å². The molecule has 0 unspecified atom stereocenters. The molecule has 1 aromatic heterocycles. The first-order valence-corrected chi connectivity index (χ1v) is 7.88. The van der Waals surface area contributed by atoms with Gasteiger partial charge in [-0.05, 0) is 37.1 Å². The van der Waals surface area contributed by atoms with Gasteiger partial charge in [0.1, 0.15) is 11.5 Å². The first-order valence-electron chi connectivity index (χ1n) is 7.88. The van der Waals surface area contributed by atoms with Gasteiger partial charge in [-0.1, -0.05) is 0 Å². The third-order valence-corrected chi connectivity index (χ3v) is 4.27. The Balaban J connectivity index is 1.66. The Morgan fingerprint density at radius 3 is 2.04 bits per heavy atom. The molecule has 3 rings (SSSR count). The number of nitrogens with one attached hydrogen (secondary N) is 1. The lowest BCUT2D eigenvalue weighted by molar-refractivity contribution is -0.120. The Hall–Kier alpha value is -2.71. The third kappa shape index (κ3) is 3.61. The van der Waals surface area contributed by atoms with E-state index in [0.29, 0.717) is 5.69 Å². The number of amides is 1. The second-order valence-electron chi connectivity index (χ2n) is 5.93. The summed E-state index contributed by atoms with van der Waals surface area (Å²) in [6, 6.07) is 5.23. The lowest BCUT2D eigenvalue weighted by Gasteiger charge is -2.33. The Morgan fingerprint density at radius 1 is 0.962 bits per heavy atom. The zero-order chi connectivity index (χ0) is 18.8. The molecule has 2 aromatic rings. The molecule has 0 radical (unpaired) electrons. The number of aromatic nitrogens is 1. The fourth-order valence-corrected chi connectivity index (χ4v) is 2.90. The van der Waals surface area contributed by atoms with Gasteiger partial charge in [0.05, 0.1) is 0 Å². The molecule has 9 heteroatoms. The minimum atomic E-state index is -1.71. The molecular weight excluding hydrogens is 357 g/mol. The molecule has 26 heavy (non-hydrogen) atoms. The Labute approximate surface area is 145 Å². The molecule has 0 bridgehead atoms. The molecule has 0 atom stereocenters. The van der Waals surface area contributed by atoms with Crippen molar-refractivity contribution in [2.75, 3.05) is 23.3 Å². The fraction of sp³-hybridized carbons (Fsp3) is 0.294. The van der Waals surface area contributed by atoms with Gasteiger partial charge in [-0.2, -0.15) is 22.5 Å². The highest BCUT2D eigenvalue weighted by Crippen LogP contribution is 2.30. The monoisotopic (exact) mass is 371 g/mol.